The van der Waals surface area contributed by atoms with E-state index in [1.54, 1.807) is 18.1 Å². The fourth-order valence-electron chi connectivity index (χ4n) is 5.01. The van der Waals surface area contributed by atoms with Gasteiger partial charge in [-0.05, 0) is 32.3 Å². The molecular weight excluding hydrogens is 463 g/mol. The van der Waals surface area contributed by atoms with E-state index in [0.29, 0.717) is 32.7 Å². The van der Waals surface area contributed by atoms with E-state index in [1.165, 1.54) is 23.1 Å². The summed E-state index contributed by atoms with van der Waals surface area (Å²) in [6.45, 7) is 2.87. The van der Waals surface area contributed by atoms with Crippen LogP contribution in [0.4, 0.5) is 10.1 Å². The van der Waals surface area contributed by atoms with Gasteiger partial charge in [-0.3, -0.25) is 19.3 Å². The number of methoxy groups -OCH3 is 1. The van der Waals surface area contributed by atoms with Crippen LogP contribution in [0.5, 0.6) is 5.75 Å². The van der Waals surface area contributed by atoms with Crippen molar-refractivity contribution in [3.05, 3.63) is 59.9 Å². The first-order chi connectivity index (χ1) is 17.2. The number of piperazine rings is 1. The molecular formula is C27H33FN4O4. The Labute approximate surface area is 211 Å². The highest BCUT2D eigenvalue weighted by molar-refractivity contribution is 6.10. The second kappa shape index (κ2) is 10.7. The molecule has 1 atom stereocenters. The minimum Gasteiger partial charge on any atom is -0.497 e. The van der Waals surface area contributed by atoms with Crippen LogP contribution in [0.25, 0.3) is 0 Å². The van der Waals surface area contributed by atoms with Crippen LogP contribution in [0.3, 0.4) is 0 Å². The van der Waals surface area contributed by atoms with Gasteiger partial charge in [-0.25, -0.2) is 4.39 Å². The summed E-state index contributed by atoms with van der Waals surface area (Å²) in [7, 11) is 5.32. The zero-order chi connectivity index (χ0) is 25.9. The van der Waals surface area contributed by atoms with Crippen LogP contribution < -0.4 is 9.64 Å². The van der Waals surface area contributed by atoms with E-state index >= 15 is 0 Å². The number of ether oxygens (including phenoxy) is 1. The van der Waals surface area contributed by atoms with E-state index in [-0.39, 0.29) is 36.8 Å². The van der Waals surface area contributed by atoms with Crippen molar-refractivity contribution < 1.29 is 23.5 Å². The number of hydrogen-bond donors (Lipinski definition) is 0. The zero-order valence-electron chi connectivity index (χ0n) is 21.1. The number of carbonyl (C=O) groups is 3. The Morgan fingerprint density at radius 2 is 1.78 bits per heavy atom. The van der Waals surface area contributed by atoms with Gasteiger partial charge in [0.1, 0.15) is 11.6 Å². The standard InChI is InChI=1S/C27H33FN4O4/c1-29(2)11-16-32-25(34)19-27(26(32)35,22-9-4-5-10-23(22)28)18-24(33)31-14-12-30(13-15-31)20-7-6-8-21(17-20)36-3/h4-10,17H,11-16,18-19H2,1-3H3. The summed E-state index contributed by atoms with van der Waals surface area (Å²) < 4.78 is 20.3. The van der Waals surface area contributed by atoms with Crippen LogP contribution in [0.1, 0.15) is 18.4 Å². The summed E-state index contributed by atoms with van der Waals surface area (Å²) in [4.78, 5) is 47.0. The molecule has 0 N–H and O–H groups in total. The van der Waals surface area contributed by atoms with Gasteiger partial charge in [-0.2, -0.15) is 0 Å². The molecule has 0 saturated carbocycles. The number of hydrogen-bond acceptors (Lipinski definition) is 6. The van der Waals surface area contributed by atoms with Crippen LogP contribution in [0.15, 0.2) is 48.5 Å². The number of carbonyl (C=O) groups excluding carboxylic acids is 3. The van der Waals surface area contributed by atoms with E-state index in [9.17, 15) is 18.8 Å². The van der Waals surface area contributed by atoms with Gasteiger partial charge >= 0.3 is 0 Å². The monoisotopic (exact) mass is 496 g/mol. The van der Waals surface area contributed by atoms with Crippen LogP contribution in [-0.2, 0) is 19.8 Å². The maximum atomic E-state index is 15.0. The van der Waals surface area contributed by atoms with Gasteiger partial charge < -0.3 is 19.4 Å². The number of amides is 3. The SMILES string of the molecule is COc1cccc(N2CCN(C(=O)CC3(c4ccccc4F)CC(=O)N(CCN(C)C)C3=O)CC2)c1. The van der Waals surface area contributed by atoms with E-state index in [4.69, 9.17) is 4.74 Å². The summed E-state index contributed by atoms with van der Waals surface area (Å²) in [6, 6.07) is 13.7. The Kier molecular flexibility index (Phi) is 7.59. The minimum absolute atomic E-state index is 0.110. The highest BCUT2D eigenvalue weighted by Crippen LogP contribution is 2.41. The molecule has 2 aromatic carbocycles. The molecule has 8 nitrogen and oxygen atoms in total. The fourth-order valence-corrected chi connectivity index (χ4v) is 5.01. The predicted octanol–water partition coefficient (Wildman–Crippen LogP) is 2.13. The lowest BCUT2D eigenvalue weighted by Gasteiger charge is -2.38. The van der Waals surface area contributed by atoms with E-state index in [0.717, 1.165) is 11.4 Å². The molecule has 0 radical (unpaired) electrons. The normalized spacial score (nSPS) is 20.4. The summed E-state index contributed by atoms with van der Waals surface area (Å²) in [5.41, 5.74) is -0.410. The molecule has 2 aliphatic rings. The van der Waals surface area contributed by atoms with Crippen LogP contribution in [0.2, 0.25) is 0 Å². The number of halogens is 1. The third-order valence-corrected chi connectivity index (χ3v) is 7.07. The van der Waals surface area contributed by atoms with Gasteiger partial charge in [0.25, 0.3) is 0 Å². The van der Waals surface area contributed by atoms with Gasteiger partial charge in [0.2, 0.25) is 17.7 Å². The molecule has 4 rings (SSSR count). The van der Waals surface area contributed by atoms with E-state index in [2.05, 4.69) is 4.90 Å². The predicted molar refractivity (Wildman–Crippen MR) is 134 cm³/mol. The lowest BCUT2D eigenvalue weighted by atomic mass is 9.75. The fraction of sp³-hybridized carbons (Fsp3) is 0.444. The molecule has 2 aliphatic heterocycles. The molecule has 2 aromatic rings. The highest BCUT2D eigenvalue weighted by Gasteiger charge is 2.55. The average molecular weight is 497 g/mol. The molecule has 0 aromatic heterocycles. The Morgan fingerprint density at radius 3 is 2.44 bits per heavy atom. The van der Waals surface area contributed by atoms with Crippen LogP contribution >= 0.6 is 0 Å². The van der Waals surface area contributed by atoms with Crippen molar-refractivity contribution in [1.29, 1.82) is 0 Å². The molecule has 3 amide bonds. The summed E-state index contributed by atoms with van der Waals surface area (Å²) in [6.07, 6.45) is -0.453. The first-order valence-corrected chi connectivity index (χ1v) is 12.2. The number of rotatable bonds is 8. The molecule has 192 valence electrons. The Hall–Kier alpha value is -3.46. The van der Waals surface area contributed by atoms with Crippen molar-refractivity contribution in [3.63, 3.8) is 0 Å². The Bertz CT molecular complexity index is 1130. The van der Waals surface area contributed by atoms with Crippen molar-refractivity contribution in [2.75, 3.05) is 65.4 Å². The molecule has 9 heteroatoms. The first-order valence-electron chi connectivity index (χ1n) is 12.2. The third kappa shape index (κ3) is 5.06. The largest absolute Gasteiger partial charge is 0.497 e. The smallest absolute Gasteiger partial charge is 0.241 e. The van der Waals surface area contributed by atoms with E-state index in [1.807, 2.05) is 43.3 Å². The quantitative estimate of drug-likeness (QED) is 0.522. The second-order valence-electron chi connectivity index (χ2n) is 9.64. The number of anilines is 1. The van der Waals surface area contributed by atoms with Gasteiger partial charge in [0, 0.05) is 69.4 Å². The molecule has 0 spiro atoms. The van der Waals surface area contributed by atoms with Crippen LogP contribution in [-0.4, -0.2) is 92.9 Å². The second-order valence-corrected chi connectivity index (χ2v) is 9.64. The number of imide groups is 1. The lowest BCUT2D eigenvalue weighted by Crippen LogP contribution is -2.51. The summed E-state index contributed by atoms with van der Waals surface area (Å²) >= 11 is 0. The maximum Gasteiger partial charge on any atom is 0.241 e. The van der Waals surface area contributed by atoms with Gasteiger partial charge in [-0.1, -0.05) is 24.3 Å². The minimum atomic E-state index is -1.53. The molecule has 2 fully saturated rings. The number of likely N-dealkylation sites (tertiary alicyclic amines) is 1. The third-order valence-electron chi connectivity index (χ3n) is 7.07. The van der Waals surface area contributed by atoms with Crippen molar-refractivity contribution in [2.24, 2.45) is 0 Å². The average Bonchev–Trinajstić information content (AvgIpc) is 3.12. The van der Waals surface area contributed by atoms with Gasteiger partial charge in [0.15, 0.2) is 0 Å². The summed E-state index contributed by atoms with van der Waals surface area (Å²) in [5.74, 6) is -0.937. The van der Waals surface area contributed by atoms with Gasteiger partial charge in [0.05, 0.1) is 12.5 Å². The van der Waals surface area contributed by atoms with Crippen molar-refractivity contribution in [3.8, 4) is 5.75 Å². The van der Waals surface area contributed by atoms with Gasteiger partial charge in [-0.15, -0.1) is 0 Å². The molecule has 0 aliphatic carbocycles. The lowest BCUT2D eigenvalue weighted by molar-refractivity contribution is -0.143. The Balaban J connectivity index is 1.52. The van der Waals surface area contributed by atoms with E-state index < -0.39 is 17.1 Å². The molecule has 2 heterocycles. The zero-order valence-corrected chi connectivity index (χ0v) is 21.1. The number of likely N-dealkylation sites (N-methyl/N-ethyl adjacent to an activating group) is 1. The molecule has 2 saturated heterocycles. The summed E-state index contributed by atoms with van der Waals surface area (Å²) in [5, 5.41) is 0. The highest BCUT2D eigenvalue weighted by atomic mass is 19.1. The van der Waals surface area contributed by atoms with Crippen molar-refractivity contribution >= 4 is 23.4 Å². The maximum absolute atomic E-state index is 15.0. The van der Waals surface area contributed by atoms with Crippen molar-refractivity contribution in [1.82, 2.24) is 14.7 Å². The van der Waals surface area contributed by atoms with Crippen LogP contribution in [0, 0.1) is 5.82 Å². The van der Waals surface area contributed by atoms with Crippen molar-refractivity contribution in [2.45, 2.75) is 18.3 Å². The number of benzene rings is 2. The first kappa shape index (κ1) is 25.6. The molecule has 0 bridgehead atoms. The topological polar surface area (TPSA) is 73.4 Å². The number of nitrogens with zero attached hydrogens (tertiary/aromatic N) is 4. The Morgan fingerprint density at radius 1 is 1.06 bits per heavy atom. The molecule has 36 heavy (non-hydrogen) atoms. The molecule has 1 unspecified atom stereocenters.